The average Bonchev–Trinajstić information content (AvgIpc) is 2.65. The Labute approximate surface area is 124 Å². The minimum Gasteiger partial charge on any atom is -0.463 e. The van der Waals surface area contributed by atoms with Crippen molar-refractivity contribution in [3.8, 4) is 0 Å². The van der Waals surface area contributed by atoms with Crippen LogP contribution in [0.5, 0.6) is 0 Å². The molecule has 0 spiro atoms. The number of carbonyl (C=O) groups excluding carboxylic acids is 3. The van der Waals surface area contributed by atoms with Crippen LogP contribution in [0.4, 0.5) is 10.1 Å². The van der Waals surface area contributed by atoms with Crippen LogP contribution in [0, 0.1) is 5.82 Å². The highest BCUT2D eigenvalue weighted by Crippen LogP contribution is 2.33. The van der Waals surface area contributed by atoms with Gasteiger partial charge in [-0.3, -0.25) is 14.5 Å². The predicted molar refractivity (Wildman–Crippen MR) is 73.9 cm³/mol. The highest BCUT2D eigenvalue weighted by molar-refractivity contribution is 6.52. The molecule has 110 valence electrons. The van der Waals surface area contributed by atoms with Crippen LogP contribution in [0.15, 0.2) is 24.3 Å². The second-order valence-corrected chi connectivity index (χ2v) is 4.74. The van der Waals surface area contributed by atoms with Gasteiger partial charge in [-0.1, -0.05) is 18.2 Å². The topological polar surface area (TPSA) is 63.7 Å². The molecule has 0 fully saturated rings. The third-order valence-corrected chi connectivity index (χ3v) is 3.22. The Balaban J connectivity index is 2.33. The maximum Gasteiger partial charge on any atom is 0.335 e. The first-order valence-corrected chi connectivity index (χ1v) is 6.44. The largest absolute Gasteiger partial charge is 0.463 e. The number of benzene rings is 1. The standard InChI is InChI=1S/C14H11ClFNO4/c1-3-21-14(20)7(2)6-17-11-5-10(16)9(15)4-8(11)12(18)13(17)19/h4-5H,2-3,6H2,1H3. The molecule has 0 saturated heterocycles. The molecule has 0 unspecified atom stereocenters. The molecule has 0 bridgehead atoms. The van der Waals surface area contributed by atoms with Crippen molar-refractivity contribution in [1.29, 1.82) is 0 Å². The third-order valence-electron chi connectivity index (χ3n) is 2.93. The van der Waals surface area contributed by atoms with Gasteiger partial charge >= 0.3 is 5.97 Å². The van der Waals surface area contributed by atoms with Gasteiger partial charge in [0, 0.05) is 5.57 Å². The Kier molecular flexibility index (Phi) is 4.09. The molecule has 0 N–H and O–H groups in total. The van der Waals surface area contributed by atoms with E-state index in [1.165, 1.54) is 0 Å². The number of hydrogen-bond acceptors (Lipinski definition) is 4. The molecule has 21 heavy (non-hydrogen) atoms. The van der Waals surface area contributed by atoms with Gasteiger partial charge in [0.2, 0.25) is 0 Å². The molecule has 0 aliphatic carbocycles. The van der Waals surface area contributed by atoms with Crippen LogP contribution in [0.3, 0.4) is 0 Å². The summed E-state index contributed by atoms with van der Waals surface area (Å²) in [6.07, 6.45) is 0. The highest BCUT2D eigenvalue weighted by Gasteiger charge is 2.37. The third kappa shape index (κ3) is 2.67. The zero-order valence-corrected chi connectivity index (χ0v) is 11.9. The van der Waals surface area contributed by atoms with Gasteiger partial charge in [0.25, 0.3) is 11.7 Å². The predicted octanol–water partition coefficient (Wildman–Crippen LogP) is 2.13. The number of Topliss-reactive ketones (excluding diaryl/α,β-unsaturated/α-hetero) is 1. The first kappa shape index (κ1) is 15.2. The van der Waals surface area contributed by atoms with E-state index in [1.807, 2.05) is 0 Å². The Morgan fingerprint density at radius 2 is 2.10 bits per heavy atom. The quantitative estimate of drug-likeness (QED) is 0.485. The zero-order valence-electron chi connectivity index (χ0n) is 11.1. The molecule has 0 aromatic heterocycles. The van der Waals surface area contributed by atoms with Gasteiger partial charge in [-0.25, -0.2) is 9.18 Å². The number of anilines is 1. The van der Waals surface area contributed by atoms with Gasteiger partial charge in [0.15, 0.2) is 0 Å². The molecule has 2 rings (SSSR count). The van der Waals surface area contributed by atoms with E-state index >= 15 is 0 Å². The lowest BCUT2D eigenvalue weighted by molar-refractivity contribution is -0.138. The van der Waals surface area contributed by atoms with E-state index in [4.69, 9.17) is 16.3 Å². The number of nitrogens with zero attached hydrogens (tertiary/aromatic N) is 1. The van der Waals surface area contributed by atoms with Crippen molar-refractivity contribution in [2.75, 3.05) is 18.1 Å². The molecule has 1 heterocycles. The number of fused-ring (bicyclic) bond motifs is 1. The fraction of sp³-hybridized carbons (Fsp3) is 0.214. The van der Waals surface area contributed by atoms with Gasteiger partial charge in [-0.05, 0) is 19.1 Å². The van der Waals surface area contributed by atoms with Crippen molar-refractivity contribution in [3.05, 3.63) is 40.7 Å². The Bertz CT molecular complexity index is 671. The molecule has 7 heteroatoms. The first-order valence-electron chi connectivity index (χ1n) is 6.07. The van der Waals surface area contributed by atoms with Crippen LogP contribution in [0.25, 0.3) is 0 Å². The molecule has 1 aromatic carbocycles. The molecular weight excluding hydrogens is 301 g/mol. The number of carbonyl (C=O) groups is 3. The minimum atomic E-state index is -0.864. The van der Waals surface area contributed by atoms with E-state index in [2.05, 4.69) is 6.58 Å². The zero-order chi connectivity index (χ0) is 15.7. The number of hydrogen-bond donors (Lipinski definition) is 0. The number of halogens is 2. The maximum absolute atomic E-state index is 13.5. The number of esters is 1. The molecule has 0 radical (unpaired) electrons. The first-order chi connectivity index (χ1) is 9.86. The SMILES string of the molecule is C=C(CN1C(=O)C(=O)c2cc(Cl)c(F)cc21)C(=O)OCC. The smallest absolute Gasteiger partial charge is 0.335 e. The van der Waals surface area contributed by atoms with E-state index in [0.29, 0.717) is 0 Å². The number of ether oxygens (including phenoxy) is 1. The second-order valence-electron chi connectivity index (χ2n) is 4.33. The fourth-order valence-corrected chi connectivity index (χ4v) is 2.10. The number of amides is 1. The van der Waals surface area contributed by atoms with E-state index in [1.54, 1.807) is 6.92 Å². The Morgan fingerprint density at radius 3 is 2.71 bits per heavy atom. The summed E-state index contributed by atoms with van der Waals surface area (Å²) in [5, 5.41) is -0.249. The van der Waals surface area contributed by atoms with Crippen LogP contribution < -0.4 is 4.90 Å². The molecule has 1 aromatic rings. The van der Waals surface area contributed by atoms with Crippen molar-refractivity contribution < 1.29 is 23.5 Å². The lowest BCUT2D eigenvalue weighted by Gasteiger charge is -2.17. The Morgan fingerprint density at radius 1 is 1.43 bits per heavy atom. The van der Waals surface area contributed by atoms with Crippen molar-refractivity contribution in [2.24, 2.45) is 0 Å². The normalized spacial score (nSPS) is 13.4. The minimum absolute atomic E-state index is 0.00283. The average molecular weight is 312 g/mol. The molecule has 1 aliphatic rings. The lowest BCUT2D eigenvalue weighted by atomic mass is 10.1. The van der Waals surface area contributed by atoms with Gasteiger partial charge in [0.1, 0.15) is 5.82 Å². The van der Waals surface area contributed by atoms with Gasteiger partial charge in [0.05, 0.1) is 29.4 Å². The van der Waals surface area contributed by atoms with Crippen molar-refractivity contribution in [2.45, 2.75) is 6.92 Å². The Hall–Kier alpha value is -2.21. The molecular formula is C14H11ClFNO4. The van der Waals surface area contributed by atoms with E-state index in [-0.39, 0.29) is 35.0 Å². The van der Waals surface area contributed by atoms with E-state index in [9.17, 15) is 18.8 Å². The summed E-state index contributed by atoms with van der Waals surface area (Å²) in [6.45, 7) is 5.04. The van der Waals surface area contributed by atoms with Gasteiger partial charge in [-0.2, -0.15) is 0 Å². The summed E-state index contributed by atoms with van der Waals surface area (Å²) in [7, 11) is 0. The van der Waals surface area contributed by atoms with Crippen LogP contribution >= 0.6 is 11.6 Å². The summed E-state index contributed by atoms with van der Waals surface area (Å²) in [5.41, 5.74) is 0.0571. The van der Waals surface area contributed by atoms with E-state index in [0.717, 1.165) is 17.0 Å². The van der Waals surface area contributed by atoms with Crippen LogP contribution in [0.2, 0.25) is 5.02 Å². The molecule has 1 amide bonds. The molecule has 0 saturated carbocycles. The van der Waals surface area contributed by atoms with Crippen molar-refractivity contribution >= 4 is 34.9 Å². The summed E-state index contributed by atoms with van der Waals surface area (Å²) in [4.78, 5) is 36.2. The number of rotatable bonds is 4. The van der Waals surface area contributed by atoms with Gasteiger partial charge < -0.3 is 4.74 Å². The molecule has 5 nitrogen and oxygen atoms in total. The number of ketones is 1. The lowest BCUT2D eigenvalue weighted by Crippen LogP contribution is -2.33. The monoisotopic (exact) mass is 311 g/mol. The summed E-state index contributed by atoms with van der Waals surface area (Å²) in [6, 6.07) is 2.08. The maximum atomic E-state index is 13.5. The van der Waals surface area contributed by atoms with E-state index < -0.39 is 23.5 Å². The second kappa shape index (κ2) is 5.65. The fourth-order valence-electron chi connectivity index (χ4n) is 1.93. The highest BCUT2D eigenvalue weighted by atomic mass is 35.5. The summed E-state index contributed by atoms with van der Waals surface area (Å²) >= 11 is 5.60. The van der Waals surface area contributed by atoms with Crippen LogP contribution in [-0.4, -0.2) is 30.8 Å². The summed E-state index contributed by atoms with van der Waals surface area (Å²) in [5.74, 6) is -3.11. The van der Waals surface area contributed by atoms with Crippen molar-refractivity contribution in [3.63, 3.8) is 0 Å². The molecule has 0 atom stereocenters. The van der Waals surface area contributed by atoms with Crippen LogP contribution in [0.1, 0.15) is 17.3 Å². The molecule has 1 aliphatic heterocycles. The van der Waals surface area contributed by atoms with Crippen molar-refractivity contribution in [1.82, 2.24) is 0 Å². The summed E-state index contributed by atoms with van der Waals surface area (Å²) < 4.78 is 18.3. The van der Waals surface area contributed by atoms with Crippen LogP contribution in [-0.2, 0) is 14.3 Å². The van der Waals surface area contributed by atoms with Gasteiger partial charge in [-0.15, -0.1) is 0 Å².